The monoisotopic (exact) mass is 328 g/mol. The van der Waals surface area contributed by atoms with E-state index in [1.165, 1.54) is 24.3 Å². The predicted octanol–water partition coefficient (Wildman–Crippen LogP) is 1.85. The maximum absolute atomic E-state index is 11.9. The average Bonchev–Trinajstić information content (AvgIpc) is 2.35. The molecule has 0 aromatic heterocycles. The Hall–Kier alpha value is -2.09. The van der Waals surface area contributed by atoms with Gasteiger partial charge in [-0.05, 0) is 44.5 Å². The Morgan fingerprint density at radius 2 is 1.73 bits per heavy atom. The minimum atomic E-state index is -3.28. The zero-order valence-electron chi connectivity index (χ0n) is 12.7. The molecule has 8 heteroatoms. The summed E-state index contributed by atoms with van der Waals surface area (Å²) in [5.41, 5.74) is -0.228. The second kappa shape index (κ2) is 6.78. The quantitative estimate of drug-likeness (QED) is 0.737. The van der Waals surface area contributed by atoms with E-state index in [1.54, 1.807) is 13.8 Å². The third-order valence-electron chi connectivity index (χ3n) is 2.96. The third-order valence-corrected chi connectivity index (χ3v) is 4.08. The van der Waals surface area contributed by atoms with E-state index in [4.69, 9.17) is 5.11 Å². The molecule has 0 fully saturated rings. The molecule has 122 valence electrons. The molecule has 0 spiro atoms. The number of urea groups is 1. The largest absolute Gasteiger partial charge is 0.481 e. The lowest BCUT2D eigenvalue weighted by atomic mass is 9.99. The summed E-state index contributed by atoms with van der Waals surface area (Å²) in [6.07, 6.45) is 1.35. The van der Waals surface area contributed by atoms with Crippen LogP contribution in [-0.2, 0) is 14.6 Å². The molecular weight excluding hydrogens is 308 g/mol. The zero-order valence-corrected chi connectivity index (χ0v) is 13.5. The summed E-state index contributed by atoms with van der Waals surface area (Å²) in [5.74, 6) is -0.924. The Morgan fingerprint density at radius 1 is 1.18 bits per heavy atom. The molecule has 0 aliphatic rings. The maximum Gasteiger partial charge on any atom is 0.319 e. The summed E-state index contributed by atoms with van der Waals surface area (Å²) >= 11 is 0. The molecule has 0 aliphatic carbocycles. The van der Waals surface area contributed by atoms with Crippen molar-refractivity contribution in [2.75, 3.05) is 11.6 Å². The van der Waals surface area contributed by atoms with Gasteiger partial charge in [-0.15, -0.1) is 0 Å². The SMILES string of the molecule is CC(C)(CCC(=O)O)NC(=O)Nc1ccc(S(C)(=O)=O)cc1. The van der Waals surface area contributed by atoms with Crippen molar-refractivity contribution in [3.8, 4) is 0 Å². The summed E-state index contributed by atoms with van der Waals surface area (Å²) in [6.45, 7) is 3.45. The van der Waals surface area contributed by atoms with Crippen LogP contribution in [0.3, 0.4) is 0 Å². The van der Waals surface area contributed by atoms with Gasteiger partial charge >= 0.3 is 12.0 Å². The van der Waals surface area contributed by atoms with Crippen LogP contribution in [0.15, 0.2) is 29.2 Å². The second-order valence-corrected chi connectivity index (χ2v) is 7.67. The van der Waals surface area contributed by atoms with Crippen LogP contribution in [0.2, 0.25) is 0 Å². The van der Waals surface area contributed by atoms with E-state index in [-0.39, 0.29) is 11.3 Å². The number of rotatable bonds is 6. The van der Waals surface area contributed by atoms with Crippen molar-refractivity contribution in [1.29, 1.82) is 0 Å². The Kier molecular flexibility index (Phi) is 5.54. The molecule has 0 saturated carbocycles. The van der Waals surface area contributed by atoms with Crippen LogP contribution < -0.4 is 10.6 Å². The van der Waals surface area contributed by atoms with Gasteiger partial charge in [0.1, 0.15) is 0 Å². The molecule has 0 heterocycles. The van der Waals surface area contributed by atoms with Crippen LogP contribution in [0.1, 0.15) is 26.7 Å². The van der Waals surface area contributed by atoms with Gasteiger partial charge in [0.05, 0.1) is 4.90 Å². The molecule has 2 amide bonds. The number of hydrogen-bond donors (Lipinski definition) is 3. The molecule has 1 aromatic carbocycles. The van der Waals surface area contributed by atoms with Crippen molar-refractivity contribution in [1.82, 2.24) is 5.32 Å². The molecule has 3 N–H and O–H groups in total. The van der Waals surface area contributed by atoms with Crippen molar-refractivity contribution >= 4 is 27.5 Å². The van der Waals surface area contributed by atoms with Gasteiger partial charge in [0.15, 0.2) is 9.84 Å². The van der Waals surface area contributed by atoms with Gasteiger partial charge in [-0.25, -0.2) is 13.2 Å². The van der Waals surface area contributed by atoms with Gasteiger partial charge in [-0.1, -0.05) is 0 Å². The summed E-state index contributed by atoms with van der Waals surface area (Å²) in [6, 6.07) is 5.30. The number of aliphatic carboxylic acids is 1. The van der Waals surface area contributed by atoms with Gasteiger partial charge in [0.2, 0.25) is 0 Å². The highest BCUT2D eigenvalue weighted by molar-refractivity contribution is 7.90. The van der Waals surface area contributed by atoms with Crippen molar-refractivity contribution in [2.45, 2.75) is 37.1 Å². The van der Waals surface area contributed by atoms with Crippen LogP contribution in [-0.4, -0.2) is 37.3 Å². The summed E-state index contributed by atoms with van der Waals surface area (Å²) in [7, 11) is -3.28. The van der Waals surface area contributed by atoms with Crippen molar-refractivity contribution in [3.05, 3.63) is 24.3 Å². The number of carbonyl (C=O) groups excluding carboxylic acids is 1. The van der Waals surface area contributed by atoms with Gasteiger partial charge < -0.3 is 15.7 Å². The molecule has 1 aromatic rings. The van der Waals surface area contributed by atoms with Gasteiger partial charge in [0, 0.05) is 23.9 Å². The first-order chi connectivity index (χ1) is 9.99. The highest BCUT2D eigenvalue weighted by atomic mass is 32.2. The Bertz CT molecular complexity index is 650. The first-order valence-corrected chi connectivity index (χ1v) is 8.50. The lowest BCUT2D eigenvalue weighted by Crippen LogP contribution is -2.45. The number of benzene rings is 1. The van der Waals surface area contributed by atoms with E-state index >= 15 is 0 Å². The van der Waals surface area contributed by atoms with E-state index in [0.29, 0.717) is 12.1 Å². The zero-order chi connectivity index (χ0) is 17.0. The molecule has 1 rings (SSSR count). The summed E-state index contributed by atoms with van der Waals surface area (Å²) in [5, 5.41) is 13.9. The minimum absolute atomic E-state index is 0.0453. The van der Waals surface area contributed by atoms with Gasteiger partial charge in [-0.3, -0.25) is 4.79 Å². The number of nitrogens with one attached hydrogen (secondary N) is 2. The average molecular weight is 328 g/mol. The number of carbonyl (C=O) groups is 2. The lowest BCUT2D eigenvalue weighted by molar-refractivity contribution is -0.137. The normalized spacial score (nSPS) is 11.8. The predicted molar refractivity (Wildman–Crippen MR) is 82.7 cm³/mol. The molecule has 0 aliphatic heterocycles. The fourth-order valence-corrected chi connectivity index (χ4v) is 2.37. The standard InChI is InChI=1S/C14H20N2O5S/c1-14(2,9-8-12(17)18)16-13(19)15-10-4-6-11(7-5-10)22(3,20)21/h4-7H,8-9H2,1-3H3,(H,17,18)(H2,15,16,19). The second-order valence-electron chi connectivity index (χ2n) is 5.65. The molecular formula is C14H20N2O5S. The van der Waals surface area contributed by atoms with Crippen LogP contribution in [0.5, 0.6) is 0 Å². The molecule has 0 saturated heterocycles. The highest BCUT2D eigenvalue weighted by Crippen LogP contribution is 2.15. The Morgan fingerprint density at radius 3 is 2.18 bits per heavy atom. The molecule has 0 unspecified atom stereocenters. The molecule has 0 radical (unpaired) electrons. The molecule has 7 nitrogen and oxygen atoms in total. The van der Waals surface area contributed by atoms with E-state index in [1.807, 2.05) is 0 Å². The van der Waals surface area contributed by atoms with Gasteiger partial charge in [0.25, 0.3) is 0 Å². The maximum atomic E-state index is 11.9. The van der Waals surface area contributed by atoms with Crippen molar-refractivity contribution in [3.63, 3.8) is 0 Å². The molecule has 22 heavy (non-hydrogen) atoms. The van der Waals surface area contributed by atoms with E-state index in [9.17, 15) is 18.0 Å². The first kappa shape index (κ1) is 18.0. The van der Waals surface area contributed by atoms with Crippen molar-refractivity contribution < 1.29 is 23.1 Å². The number of sulfone groups is 1. The van der Waals surface area contributed by atoms with Gasteiger partial charge in [-0.2, -0.15) is 0 Å². The number of carboxylic acids is 1. The van der Waals surface area contributed by atoms with Crippen LogP contribution in [0, 0.1) is 0 Å². The summed E-state index contributed by atoms with van der Waals surface area (Å²) < 4.78 is 22.7. The van der Waals surface area contributed by atoms with Crippen LogP contribution >= 0.6 is 0 Å². The lowest BCUT2D eigenvalue weighted by Gasteiger charge is -2.25. The third kappa shape index (κ3) is 6.13. The van der Waals surface area contributed by atoms with Crippen LogP contribution in [0.4, 0.5) is 10.5 Å². The van der Waals surface area contributed by atoms with Crippen LogP contribution in [0.25, 0.3) is 0 Å². The minimum Gasteiger partial charge on any atom is -0.481 e. The molecule has 0 bridgehead atoms. The smallest absolute Gasteiger partial charge is 0.319 e. The fraction of sp³-hybridized carbons (Fsp3) is 0.429. The Labute approximate surface area is 129 Å². The first-order valence-electron chi connectivity index (χ1n) is 6.61. The number of anilines is 1. The van der Waals surface area contributed by atoms with E-state index < -0.39 is 27.4 Å². The van der Waals surface area contributed by atoms with Crippen molar-refractivity contribution in [2.24, 2.45) is 0 Å². The molecule has 0 atom stereocenters. The number of hydrogen-bond acceptors (Lipinski definition) is 4. The highest BCUT2D eigenvalue weighted by Gasteiger charge is 2.21. The number of carboxylic acid groups (broad SMARTS) is 1. The van der Waals surface area contributed by atoms with E-state index in [0.717, 1.165) is 6.26 Å². The topological polar surface area (TPSA) is 113 Å². The summed E-state index contributed by atoms with van der Waals surface area (Å²) in [4.78, 5) is 22.6. The fourth-order valence-electron chi connectivity index (χ4n) is 1.74. The Balaban J connectivity index is 2.63. The number of amides is 2. The van der Waals surface area contributed by atoms with E-state index in [2.05, 4.69) is 10.6 Å².